The van der Waals surface area contributed by atoms with Gasteiger partial charge in [-0.05, 0) is 37.4 Å². The molecular formula is C11H17NO2S. The molecular weight excluding hydrogens is 210 g/mol. The highest BCUT2D eigenvalue weighted by molar-refractivity contribution is 7.09. The third-order valence-electron chi connectivity index (χ3n) is 2.30. The molecule has 1 aromatic rings. The largest absolute Gasteiger partial charge is 0.481 e. The Hall–Kier alpha value is -0.870. The van der Waals surface area contributed by atoms with Gasteiger partial charge in [0, 0.05) is 4.88 Å². The molecule has 0 saturated heterocycles. The van der Waals surface area contributed by atoms with E-state index in [0.717, 1.165) is 19.5 Å². The fourth-order valence-electron chi connectivity index (χ4n) is 1.23. The highest BCUT2D eigenvalue weighted by Gasteiger charge is 2.09. The van der Waals surface area contributed by atoms with Crippen molar-refractivity contribution in [2.45, 2.75) is 19.8 Å². The van der Waals surface area contributed by atoms with Crippen LogP contribution in [0.4, 0.5) is 0 Å². The molecule has 3 nitrogen and oxygen atoms in total. The van der Waals surface area contributed by atoms with E-state index in [1.165, 1.54) is 4.88 Å². The van der Waals surface area contributed by atoms with E-state index in [2.05, 4.69) is 16.8 Å². The molecule has 0 aromatic carbocycles. The molecule has 1 rings (SSSR count). The van der Waals surface area contributed by atoms with Gasteiger partial charge in [0.1, 0.15) is 0 Å². The van der Waals surface area contributed by atoms with Crippen LogP contribution in [0.1, 0.15) is 18.2 Å². The molecule has 1 unspecified atom stereocenters. The van der Waals surface area contributed by atoms with Gasteiger partial charge < -0.3 is 10.4 Å². The first-order valence-corrected chi connectivity index (χ1v) is 6.04. The average Bonchev–Trinajstić information content (AvgIpc) is 2.69. The number of aliphatic carboxylic acids is 1. The van der Waals surface area contributed by atoms with Gasteiger partial charge in [-0.15, -0.1) is 11.3 Å². The Morgan fingerprint density at radius 2 is 2.40 bits per heavy atom. The van der Waals surface area contributed by atoms with E-state index in [4.69, 9.17) is 5.11 Å². The zero-order valence-corrected chi connectivity index (χ0v) is 9.72. The molecule has 0 aliphatic rings. The van der Waals surface area contributed by atoms with Gasteiger partial charge in [-0.1, -0.05) is 13.0 Å². The molecule has 0 aliphatic heterocycles. The predicted molar refractivity (Wildman–Crippen MR) is 62.3 cm³/mol. The molecule has 0 fully saturated rings. The van der Waals surface area contributed by atoms with Crippen LogP contribution in [-0.2, 0) is 11.2 Å². The second kappa shape index (κ2) is 6.58. The quantitative estimate of drug-likeness (QED) is 0.700. The van der Waals surface area contributed by atoms with Crippen molar-refractivity contribution in [3.8, 4) is 0 Å². The molecule has 1 atom stereocenters. The van der Waals surface area contributed by atoms with Crippen LogP contribution in [0.2, 0.25) is 0 Å². The van der Waals surface area contributed by atoms with Crippen LogP contribution in [-0.4, -0.2) is 24.2 Å². The van der Waals surface area contributed by atoms with Crippen LogP contribution in [0.3, 0.4) is 0 Å². The van der Waals surface area contributed by atoms with Crippen molar-refractivity contribution in [3.05, 3.63) is 22.4 Å². The summed E-state index contributed by atoms with van der Waals surface area (Å²) >= 11 is 1.76. The van der Waals surface area contributed by atoms with Crippen LogP contribution in [0.5, 0.6) is 0 Å². The summed E-state index contributed by atoms with van der Waals surface area (Å²) in [7, 11) is 0. The standard InChI is InChI=1S/C11H17NO2S/c1-9(11(13)14)4-6-12-7-5-10-3-2-8-15-10/h2-3,8-9,12H,4-7H2,1H3,(H,13,14). The normalized spacial score (nSPS) is 12.6. The number of carboxylic acids is 1. The van der Waals surface area contributed by atoms with E-state index in [1.54, 1.807) is 18.3 Å². The summed E-state index contributed by atoms with van der Waals surface area (Å²) in [6.45, 7) is 3.44. The SMILES string of the molecule is CC(CCNCCc1cccs1)C(=O)O. The predicted octanol–water partition coefficient (Wildman–Crippen LogP) is 1.99. The molecule has 1 aromatic heterocycles. The van der Waals surface area contributed by atoms with Gasteiger partial charge in [-0.2, -0.15) is 0 Å². The van der Waals surface area contributed by atoms with Gasteiger partial charge in [0.2, 0.25) is 0 Å². The average molecular weight is 227 g/mol. The monoisotopic (exact) mass is 227 g/mol. The Bertz CT molecular complexity index is 285. The second-order valence-electron chi connectivity index (χ2n) is 3.61. The number of hydrogen-bond acceptors (Lipinski definition) is 3. The van der Waals surface area contributed by atoms with Gasteiger partial charge in [0.25, 0.3) is 0 Å². The molecule has 84 valence electrons. The van der Waals surface area contributed by atoms with Crippen LogP contribution >= 0.6 is 11.3 Å². The van der Waals surface area contributed by atoms with Crippen LogP contribution in [0, 0.1) is 5.92 Å². The lowest BCUT2D eigenvalue weighted by Gasteiger charge is -2.06. The van der Waals surface area contributed by atoms with E-state index in [1.807, 2.05) is 6.07 Å². The Balaban J connectivity index is 2.00. The topological polar surface area (TPSA) is 49.3 Å². The Labute approximate surface area is 94.1 Å². The molecule has 15 heavy (non-hydrogen) atoms. The van der Waals surface area contributed by atoms with Gasteiger partial charge >= 0.3 is 5.97 Å². The first kappa shape index (κ1) is 12.2. The maximum atomic E-state index is 10.5. The van der Waals surface area contributed by atoms with Crippen LogP contribution in [0.15, 0.2) is 17.5 Å². The lowest BCUT2D eigenvalue weighted by Crippen LogP contribution is -2.22. The van der Waals surface area contributed by atoms with Crippen molar-refractivity contribution in [2.24, 2.45) is 5.92 Å². The minimum atomic E-state index is -0.713. The van der Waals surface area contributed by atoms with E-state index in [0.29, 0.717) is 6.42 Å². The summed E-state index contributed by atoms with van der Waals surface area (Å²) in [4.78, 5) is 11.9. The number of carboxylic acid groups (broad SMARTS) is 1. The van der Waals surface area contributed by atoms with Crippen molar-refractivity contribution >= 4 is 17.3 Å². The van der Waals surface area contributed by atoms with E-state index in [9.17, 15) is 4.79 Å². The molecule has 0 spiro atoms. The molecule has 0 amide bonds. The minimum absolute atomic E-state index is 0.251. The maximum absolute atomic E-state index is 10.5. The van der Waals surface area contributed by atoms with Gasteiger partial charge in [0.15, 0.2) is 0 Å². The van der Waals surface area contributed by atoms with Crippen LogP contribution < -0.4 is 5.32 Å². The lowest BCUT2D eigenvalue weighted by atomic mass is 10.1. The highest BCUT2D eigenvalue weighted by Crippen LogP contribution is 2.08. The summed E-state index contributed by atoms with van der Waals surface area (Å²) < 4.78 is 0. The fourth-order valence-corrected chi connectivity index (χ4v) is 1.94. The number of hydrogen-bond donors (Lipinski definition) is 2. The Kier molecular flexibility index (Phi) is 5.36. The maximum Gasteiger partial charge on any atom is 0.306 e. The zero-order valence-electron chi connectivity index (χ0n) is 8.90. The smallest absolute Gasteiger partial charge is 0.306 e. The zero-order chi connectivity index (χ0) is 11.1. The highest BCUT2D eigenvalue weighted by atomic mass is 32.1. The molecule has 0 aliphatic carbocycles. The van der Waals surface area contributed by atoms with Crippen molar-refractivity contribution in [2.75, 3.05) is 13.1 Å². The van der Waals surface area contributed by atoms with E-state index in [-0.39, 0.29) is 5.92 Å². The third kappa shape index (κ3) is 4.95. The molecule has 0 radical (unpaired) electrons. The van der Waals surface area contributed by atoms with E-state index < -0.39 is 5.97 Å². The molecule has 0 saturated carbocycles. The summed E-state index contributed by atoms with van der Waals surface area (Å²) in [5.74, 6) is -0.964. The molecule has 4 heteroatoms. The second-order valence-corrected chi connectivity index (χ2v) is 4.64. The first-order valence-electron chi connectivity index (χ1n) is 5.16. The van der Waals surface area contributed by atoms with Gasteiger partial charge in [-0.3, -0.25) is 4.79 Å². The summed E-state index contributed by atoms with van der Waals surface area (Å²) in [5.41, 5.74) is 0. The van der Waals surface area contributed by atoms with Gasteiger partial charge in [-0.25, -0.2) is 0 Å². The number of nitrogens with one attached hydrogen (secondary N) is 1. The van der Waals surface area contributed by atoms with Crippen molar-refractivity contribution in [3.63, 3.8) is 0 Å². The minimum Gasteiger partial charge on any atom is -0.481 e. The van der Waals surface area contributed by atoms with Crippen molar-refractivity contribution < 1.29 is 9.90 Å². The summed E-state index contributed by atoms with van der Waals surface area (Å²) in [6, 6.07) is 4.17. The van der Waals surface area contributed by atoms with Crippen molar-refractivity contribution in [1.82, 2.24) is 5.32 Å². The molecule has 2 N–H and O–H groups in total. The Morgan fingerprint density at radius 1 is 1.60 bits per heavy atom. The lowest BCUT2D eigenvalue weighted by molar-refractivity contribution is -0.141. The third-order valence-corrected chi connectivity index (χ3v) is 3.24. The Morgan fingerprint density at radius 3 is 3.00 bits per heavy atom. The summed E-state index contributed by atoms with van der Waals surface area (Å²) in [5, 5.41) is 14.0. The van der Waals surface area contributed by atoms with Gasteiger partial charge in [0.05, 0.1) is 5.92 Å². The number of carbonyl (C=O) groups is 1. The van der Waals surface area contributed by atoms with E-state index >= 15 is 0 Å². The fraction of sp³-hybridized carbons (Fsp3) is 0.545. The number of thiophene rings is 1. The molecule has 0 bridgehead atoms. The van der Waals surface area contributed by atoms with Crippen LogP contribution in [0.25, 0.3) is 0 Å². The van der Waals surface area contributed by atoms with Crippen molar-refractivity contribution in [1.29, 1.82) is 0 Å². The number of rotatable bonds is 7. The first-order chi connectivity index (χ1) is 7.20. The summed E-state index contributed by atoms with van der Waals surface area (Å²) in [6.07, 6.45) is 1.72. The molecule has 1 heterocycles.